The first-order valence-electron chi connectivity index (χ1n) is 6.21. The summed E-state index contributed by atoms with van der Waals surface area (Å²) in [5.41, 5.74) is -0.297. The van der Waals surface area contributed by atoms with Gasteiger partial charge in [0.2, 0.25) is 0 Å². The van der Waals surface area contributed by atoms with Gasteiger partial charge >= 0.3 is 6.18 Å². The van der Waals surface area contributed by atoms with E-state index in [9.17, 15) is 13.2 Å². The molecule has 0 saturated heterocycles. The molecule has 21 heavy (non-hydrogen) atoms. The molecule has 1 atom stereocenters. The predicted octanol–water partition coefficient (Wildman–Crippen LogP) is 5.55. The topological polar surface area (TPSA) is 24.9 Å². The number of rotatable bonds is 3. The highest BCUT2D eigenvalue weighted by Gasteiger charge is 2.30. The Balaban J connectivity index is 1.87. The molecule has 1 N–H and O–H groups in total. The fourth-order valence-electron chi connectivity index (χ4n) is 1.96. The minimum Gasteiger partial charge on any atom is -0.354 e. The molecule has 2 heterocycles. The van der Waals surface area contributed by atoms with Gasteiger partial charge in [0.1, 0.15) is 0 Å². The quantitative estimate of drug-likeness (QED) is 0.682. The molecule has 1 unspecified atom stereocenters. The Morgan fingerprint density at radius 1 is 1.24 bits per heavy atom. The van der Waals surface area contributed by atoms with E-state index in [4.69, 9.17) is 0 Å². The van der Waals surface area contributed by atoms with Crippen molar-refractivity contribution in [2.45, 2.75) is 19.1 Å². The van der Waals surface area contributed by atoms with Crippen molar-refractivity contribution in [1.29, 1.82) is 0 Å². The van der Waals surface area contributed by atoms with Crippen LogP contribution in [0.4, 0.5) is 18.3 Å². The van der Waals surface area contributed by atoms with Gasteiger partial charge in [-0.05, 0) is 36.6 Å². The van der Waals surface area contributed by atoms with E-state index in [1.807, 2.05) is 24.4 Å². The van der Waals surface area contributed by atoms with E-state index in [-0.39, 0.29) is 6.04 Å². The molecule has 0 spiro atoms. The average Bonchev–Trinajstić information content (AvgIpc) is 3.05. The van der Waals surface area contributed by atoms with Crippen LogP contribution >= 0.6 is 22.7 Å². The summed E-state index contributed by atoms with van der Waals surface area (Å²) < 4.78 is 38.8. The van der Waals surface area contributed by atoms with E-state index in [0.29, 0.717) is 10.6 Å². The molecule has 3 rings (SSSR count). The van der Waals surface area contributed by atoms with Gasteiger partial charge in [-0.15, -0.1) is 11.3 Å². The third kappa shape index (κ3) is 3.03. The predicted molar refractivity (Wildman–Crippen MR) is 81.0 cm³/mol. The lowest BCUT2D eigenvalue weighted by Gasteiger charge is -2.09. The molecule has 2 nitrogen and oxygen atoms in total. The summed E-state index contributed by atoms with van der Waals surface area (Å²) in [5.74, 6) is 0. The van der Waals surface area contributed by atoms with Gasteiger partial charge in [-0.25, -0.2) is 4.98 Å². The van der Waals surface area contributed by atoms with Crippen molar-refractivity contribution in [3.63, 3.8) is 0 Å². The van der Waals surface area contributed by atoms with Crippen LogP contribution in [0.1, 0.15) is 23.4 Å². The van der Waals surface area contributed by atoms with Crippen molar-refractivity contribution >= 4 is 38.0 Å². The Labute approximate surface area is 127 Å². The van der Waals surface area contributed by atoms with Crippen LogP contribution in [0.15, 0.2) is 35.7 Å². The van der Waals surface area contributed by atoms with Gasteiger partial charge < -0.3 is 5.32 Å². The molecule has 3 aromatic rings. The lowest BCUT2D eigenvalue weighted by molar-refractivity contribution is -0.137. The number of hydrogen-bond donors (Lipinski definition) is 1. The molecule has 7 heteroatoms. The maximum atomic E-state index is 12.7. The summed E-state index contributed by atoms with van der Waals surface area (Å²) in [5, 5.41) is 5.85. The number of aromatic nitrogens is 1. The first-order chi connectivity index (χ1) is 9.93. The van der Waals surface area contributed by atoms with Gasteiger partial charge in [-0.2, -0.15) is 13.2 Å². The zero-order valence-electron chi connectivity index (χ0n) is 10.9. The lowest BCUT2D eigenvalue weighted by atomic mass is 10.2. The molecule has 0 aliphatic heterocycles. The zero-order chi connectivity index (χ0) is 15.0. The van der Waals surface area contributed by atoms with Crippen LogP contribution in [0.5, 0.6) is 0 Å². The molecular formula is C14H11F3N2S2. The standard InChI is InChI=1S/C14H11F3N2S2/c1-8(11-3-2-6-20-11)18-13-19-10-7-9(14(15,16)17)4-5-12(10)21-13/h2-8H,1H3,(H,18,19). The summed E-state index contributed by atoms with van der Waals surface area (Å²) in [6.45, 7) is 2.00. The summed E-state index contributed by atoms with van der Waals surface area (Å²) in [6.07, 6.45) is -4.34. The van der Waals surface area contributed by atoms with Crippen LogP contribution in [0.3, 0.4) is 0 Å². The number of anilines is 1. The minimum absolute atomic E-state index is 0.0765. The highest BCUT2D eigenvalue weighted by atomic mass is 32.1. The molecule has 1 aromatic carbocycles. The van der Waals surface area contributed by atoms with E-state index >= 15 is 0 Å². The smallest absolute Gasteiger partial charge is 0.354 e. The molecule has 0 fully saturated rings. The Morgan fingerprint density at radius 2 is 2.05 bits per heavy atom. The third-order valence-corrected chi connectivity index (χ3v) is 5.05. The monoisotopic (exact) mass is 328 g/mol. The fourth-order valence-corrected chi connectivity index (χ4v) is 3.63. The first kappa shape index (κ1) is 14.3. The number of nitrogens with zero attached hydrogens (tertiary/aromatic N) is 1. The van der Waals surface area contributed by atoms with Crippen LogP contribution in [-0.2, 0) is 6.18 Å². The minimum atomic E-state index is -4.34. The van der Waals surface area contributed by atoms with E-state index in [2.05, 4.69) is 10.3 Å². The van der Waals surface area contributed by atoms with Crippen molar-refractivity contribution < 1.29 is 13.2 Å². The Morgan fingerprint density at radius 3 is 2.71 bits per heavy atom. The second kappa shape index (κ2) is 5.31. The molecule has 0 saturated carbocycles. The first-order valence-corrected chi connectivity index (χ1v) is 7.91. The molecule has 0 aliphatic carbocycles. The van der Waals surface area contributed by atoms with Crippen LogP contribution in [0, 0.1) is 0 Å². The highest BCUT2D eigenvalue weighted by Crippen LogP contribution is 2.35. The van der Waals surface area contributed by atoms with E-state index < -0.39 is 11.7 Å². The number of alkyl halides is 3. The number of benzene rings is 1. The van der Waals surface area contributed by atoms with Crippen molar-refractivity contribution in [3.05, 3.63) is 46.2 Å². The average molecular weight is 328 g/mol. The van der Waals surface area contributed by atoms with Crippen LogP contribution < -0.4 is 5.32 Å². The van der Waals surface area contributed by atoms with Crippen molar-refractivity contribution in [2.75, 3.05) is 5.32 Å². The lowest BCUT2D eigenvalue weighted by Crippen LogP contribution is -2.04. The summed E-state index contributed by atoms with van der Waals surface area (Å²) in [4.78, 5) is 5.41. The SMILES string of the molecule is CC(Nc1nc2cc(C(F)(F)F)ccc2s1)c1cccs1. The normalized spacial score (nSPS) is 13.5. The van der Waals surface area contributed by atoms with Gasteiger partial charge in [-0.3, -0.25) is 0 Å². The van der Waals surface area contributed by atoms with E-state index in [1.54, 1.807) is 11.3 Å². The van der Waals surface area contributed by atoms with Gasteiger partial charge in [0.25, 0.3) is 0 Å². The van der Waals surface area contributed by atoms with E-state index in [1.165, 1.54) is 17.4 Å². The number of thiophene rings is 1. The van der Waals surface area contributed by atoms with Gasteiger partial charge in [0.05, 0.1) is 21.8 Å². The molecule has 110 valence electrons. The van der Waals surface area contributed by atoms with Crippen LogP contribution in [-0.4, -0.2) is 4.98 Å². The van der Waals surface area contributed by atoms with Crippen molar-refractivity contribution in [1.82, 2.24) is 4.98 Å². The number of thiazole rings is 1. The van der Waals surface area contributed by atoms with Gasteiger partial charge in [0.15, 0.2) is 5.13 Å². The number of hydrogen-bond acceptors (Lipinski definition) is 4. The van der Waals surface area contributed by atoms with Crippen molar-refractivity contribution in [2.24, 2.45) is 0 Å². The number of nitrogens with one attached hydrogen (secondary N) is 1. The largest absolute Gasteiger partial charge is 0.416 e. The Kier molecular flexibility index (Phi) is 3.62. The van der Waals surface area contributed by atoms with Crippen LogP contribution in [0.25, 0.3) is 10.2 Å². The van der Waals surface area contributed by atoms with Gasteiger partial charge in [0, 0.05) is 4.88 Å². The number of fused-ring (bicyclic) bond motifs is 1. The summed E-state index contributed by atoms with van der Waals surface area (Å²) in [7, 11) is 0. The van der Waals surface area contributed by atoms with Gasteiger partial charge in [-0.1, -0.05) is 17.4 Å². The zero-order valence-corrected chi connectivity index (χ0v) is 12.6. The number of halogens is 3. The maximum absolute atomic E-state index is 12.7. The Hall–Kier alpha value is -1.60. The maximum Gasteiger partial charge on any atom is 0.416 e. The van der Waals surface area contributed by atoms with Crippen molar-refractivity contribution in [3.8, 4) is 0 Å². The summed E-state index contributed by atoms with van der Waals surface area (Å²) in [6, 6.07) is 7.70. The molecular weight excluding hydrogens is 317 g/mol. The molecule has 0 radical (unpaired) electrons. The molecule has 0 aliphatic rings. The molecule has 0 bridgehead atoms. The fraction of sp³-hybridized carbons (Fsp3) is 0.214. The molecule has 0 amide bonds. The van der Waals surface area contributed by atoms with Crippen LogP contribution in [0.2, 0.25) is 0 Å². The highest BCUT2D eigenvalue weighted by molar-refractivity contribution is 7.22. The second-order valence-corrected chi connectivity index (χ2v) is 6.59. The molecule has 2 aromatic heterocycles. The third-order valence-electron chi connectivity index (χ3n) is 3.02. The Bertz CT molecular complexity index is 747. The van der Waals surface area contributed by atoms with E-state index in [0.717, 1.165) is 21.7 Å². The summed E-state index contributed by atoms with van der Waals surface area (Å²) >= 11 is 2.99. The second-order valence-electron chi connectivity index (χ2n) is 4.58.